The summed E-state index contributed by atoms with van der Waals surface area (Å²) in [4.78, 5) is 16.9. The Kier molecular flexibility index (Phi) is 2.96. The van der Waals surface area contributed by atoms with Gasteiger partial charge in [-0.1, -0.05) is 12.1 Å². The van der Waals surface area contributed by atoms with E-state index in [1.165, 1.54) is 0 Å². The number of para-hydroxylation sites is 1. The normalized spacial score (nSPS) is 17.4. The second-order valence-electron chi connectivity index (χ2n) is 5.71. The Morgan fingerprint density at radius 2 is 2.23 bits per heavy atom. The minimum absolute atomic E-state index is 0.0307. The number of hydrogen-bond acceptors (Lipinski definition) is 3. The van der Waals surface area contributed by atoms with Crippen LogP contribution in [0, 0.1) is 5.92 Å². The number of imidazole rings is 1. The van der Waals surface area contributed by atoms with Gasteiger partial charge in [0.2, 0.25) is 5.91 Å². The van der Waals surface area contributed by atoms with E-state index < -0.39 is 0 Å². The smallest absolute Gasteiger partial charge is 0.230 e. The molecule has 1 aliphatic heterocycles. The summed E-state index contributed by atoms with van der Waals surface area (Å²) < 4.78 is 3.85. The molecule has 6 nitrogen and oxygen atoms in total. The predicted octanol–water partition coefficient (Wildman–Crippen LogP) is 1.97. The molecule has 1 aromatic carbocycles. The van der Waals surface area contributed by atoms with Crippen LogP contribution in [0.25, 0.3) is 10.9 Å². The van der Waals surface area contributed by atoms with Gasteiger partial charge in [0.05, 0.1) is 11.4 Å². The zero-order chi connectivity index (χ0) is 15.1. The van der Waals surface area contributed by atoms with Crippen LogP contribution >= 0.6 is 0 Å². The summed E-state index contributed by atoms with van der Waals surface area (Å²) in [7, 11) is 1.89. The number of rotatable bonds is 2. The van der Waals surface area contributed by atoms with Crippen molar-refractivity contribution in [2.45, 2.75) is 19.4 Å². The van der Waals surface area contributed by atoms with E-state index in [9.17, 15) is 4.79 Å². The lowest BCUT2D eigenvalue weighted by Crippen LogP contribution is -2.31. The quantitative estimate of drug-likeness (QED) is 0.786. The summed E-state index contributed by atoms with van der Waals surface area (Å²) in [5.41, 5.74) is 1.01. The van der Waals surface area contributed by atoms with Gasteiger partial charge in [-0.2, -0.15) is 5.10 Å². The maximum absolute atomic E-state index is 12.6. The third-order valence-electron chi connectivity index (χ3n) is 4.31. The van der Waals surface area contributed by atoms with Gasteiger partial charge in [-0.3, -0.25) is 9.48 Å². The molecule has 3 aromatic rings. The molecule has 0 aliphatic carbocycles. The average Bonchev–Trinajstić information content (AvgIpc) is 3.12. The van der Waals surface area contributed by atoms with Gasteiger partial charge in [0.25, 0.3) is 0 Å². The third-order valence-corrected chi connectivity index (χ3v) is 4.31. The first-order chi connectivity index (χ1) is 10.7. The molecule has 0 bridgehead atoms. The number of benzene rings is 1. The molecule has 1 unspecified atom stereocenters. The Hall–Kier alpha value is -2.63. The molecule has 4 rings (SSSR count). The summed E-state index contributed by atoms with van der Waals surface area (Å²) in [5, 5.41) is 8.39. The summed E-state index contributed by atoms with van der Waals surface area (Å²) in [5.74, 6) is 1.69. The van der Waals surface area contributed by atoms with Crippen molar-refractivity contribution in [2.75, 3.05) is 5.32 Å². The summed E-state index contributed by atoms with van der Waals surface area (Å²) >= 11 is 0. The number of anilines is 1. The fourth-order valence-electron chi connectivity index (χ4n) is 3.11. The second-order valence-corrected chi connectivity index (χ2v) is 5.71. The highest BCUT2D eigenvalue weighted by molar-refractivity contribution is 6.00. The molecule has 0 saturated carbocycles. The summed E-state index contributed by atoms with van der Waals surface area (Å²) in [6, 6.07) is 7.90. The number of nitrogens with one attached hydrogen (secondary N) is 1. The van der Waals surface area contributed by atoms with E-state index in [1.807, 2.05) is 37.5 Å². The van der Waals surface area contributed by atoms with Crippen LogP contribution in [0.1, 0.15) is 12.2 Å². The fourth-order valence-corrected chi connectivity index (χ4v) is 3.11. The lowest BCUT2D eigenvalue weighted by molar-refractivity contribution is -0.120. The zero-order valence-corrected chi connectivity index (χ0v) is 12.4. The first-order valence-corrected chi connectivity index (χ1v) is 7.45. The molecule has 0 radical (unpaired) electrons. The van der Waals surface area contributed by atoms with Crippen molar-refractivity contribution in [3.05, 3.63) is 42.5 Å². The number of hydrogen-bond donors (Lipinski definition) is 1. The highest BCUT2D eigenvalue weighted by Gasteiger charge is 2.25. The minimum atomic E-state index is -0.0394. The van der Waals surface area contributed by atoms with Gasteiger partial charge in [0, 0.05) is 37.8 Å². The molecule has 1 N–H and O–H groups in total. The highest BCUT2D eigenvalue weighted by atomic mass is 16.2. The number of carbonyl (C=O) groups is 1. The van der Waals surface area contributed by atoms with Gasteiger partial charge < -0.3 is 9.88 Å². The maximum Gasteiger partial charge on any atom is 0.230 e. The number of carbonyl (C=O) groups excluding carboxylic acids is 1. The van der Waals surface area contributed by atoms with Gasteiger partial charge in [-0.05, 0) is 18.6 Å². The largest absolute Gasteiger partial charge is 0.334 e. The van der Waals surface area contributed by atoms with Gasteiger partial charge in [-0.25, -0.2) is 4.98 Å². The molecule has 1 atom stereocenters. The fraction of sp³-hybridized carbons (Fsp3) is 0.312. The van der Waals surface area contributed by atoms with E-state index in [-0.39, 0.29) is 11.8 Å². The first-order valence-electron chi connectivity index (χ1n) is 7.45. The molecule has 0 fully saturated rings. The number of amides is 1. The lowest BCUT2D eigenvalue weighted by atomic mass is 9.98. The molecule has 2 aromatic heterocycles. The minimum Gasteiger partial charge on any atom is -0.334 e. The van der Waals surface area contributed by atoms with Crippen LogP contribution in [-0.4, -0.2) is 25.2 Å². The van der Waals surface area contributed by atoms with Crippen LogP contribution in [0.15, 0.2) is 36.7 Å². The van der Waals surface area contributed by atoms with Crippen LogP contribution in [0.2, 0.25) is 0 Å². The Labute approximate surface area is 127 Å². The molecular weight excluding hydrogens is 278 g/mol. The number of aromatic nitrogens is 4. The van der Waals surface area contributed by atoms with Gasteiger partial charge >= 0.3 is 0 Å². The van der Waals surface area contributed by atoms with Crippen LogP contribution in [0.3, 0.4) is 0 Å². The number of aryl methyl sites for hydroxylation is 2. The molecule has 112 valence electrons. The predicted molar refractivity (Wildman–Crippen MR) is 83.4 cm³/mol. The van der Waals surface area contributed by atoms with E-state index in [2.05, 4.69) is 20.0 Å². The Bertz CT molecular complexity index is 847. The average molecular weight is 295 g/mol. The number of fused-ring (bicyclic) bond motifs is 2. The van der Waals surface area contributed by atoms with E-state index in [1.54, 1.807) is 10.9 Å². The topological polar surface area (TPSA) is 64.7 Å². The monoisotopic (exact) mass is 295 g/mol. The van der Waals surface area contributed by atoms with Crippen LogP contribution in [0.4, 0.5) is 5.82 Å². The van der Waals surface area contributed by atoms with Gasteiger partial charge in [0.1, 0.15) is 5.82 Å². The van der Waals surface area contributed by atoms with Crippen molar-refractivity contribution in [1.82, 2.24) is 19.3 Å². The molecule has 1 aliphatic rings. The molecule has 1 amide bonds. The lowest BCUT2D eigenvalue weighted by Gasteiger charge is -2.22. The van der Waals surface area contributed by atoms with E-state index >= 15 is 0 Å². The first kappa shape index (κ1) is 13.1. The van der Waals surface area contributed by atoms with Crippen molar-refractivity contribution < 1.29 is 4.79 Å². The van der Waals surface area contributed by atoms with Crippen molar-refractivity contribution in [3.8, 4) is 0 Å². The van der Waals surface area contributed by atoms with Gasteiger partial charge in [-0.15, -0.1) is 0 Å². The standard InChI is InChI=1S/C16H17N5O/c1-20-13-5-3-2-4-12(13)15(19-20)18-16(22)11-6-7-14-17-8-9-21(14)10-11/h2-5,8-9,11H,6-7,10H2,1H3,(H,18,19,22). The van der Waals surface area contributed by atoms with E-state index in [0.29, 0.717) is 12.4 Å². The Morgan fingerprint density at radius 1 is 1.36 bits per heavy atom. The maximum atomic E-state index is 12.6. The van der Waals surface area contributed by atoms with E-state index in [0.717, 1.165) is 29.6 Å². The summed E-state index contributed by atoms with van der Waals surface area (Å²) in [6.07, 6.45) is 5.40. The molecule has 0 saturated heterocycles. The SMILES string of the molecule is Cn1nc(NC(=O)C2CCc3nccn3C2)c2ccccc21. The van der Waals surface area contributed by atoms with Crippen molar-refractivity contribution >= 4 is 22.6 Å². The van der Waals surface area contributed by atoms with Crippen LogP contribution in [-0.2, 0) is 24.8 Å². The molecule has 3 heterocycles. The number of nitrogens with zero attached hydrogens (tertiary/aromatic N) is 4. The molecule has 22 heavy (non-hydrogen) atoms. The molecule has 0 spiro atoms. The van der Waals surface area contributed by atoms with E-state index in [4.69, 9.17) is 0 Å². The Balaban J connectivity index is 1.57. The Morgan fingerprint density at radius 3 is 3.14 bits per heavy atom. The zero-order valence-electron chi connectivity index (χ0n) is 12.4. The molecule has 6 heteroatoms. The van der Waals surface area contributed by atoms with Crippen molar-refractivity contribution in [2.24, 2.45) is 13.0 Å². The van der Waals surface area contributed by atoms with Crippen molar-refractivity contribution in [3.63, 3.8) is 0 Å². The second kappa shape index (κ2) is 4.98. The van der Waals surface area contributed by atoms with Crippen LogP contribution < -0.4 is 5.32 Å². The van der Waals surface area contributed by atoms with Crippen LogP contribution in [0.5, 0.6) is 0 Å². The third kappa shape index (κ3) is 2.07. The van der Waals surface area contributed by atoms with Gasteiger partial charge in [0.15, 0.2) is 5.82 Å². The summed E-state index contributed by atoms with van der Waals surface area (Å²) in [6.45, 7) is 0.686. The highest BCUT2D eigenvalue weighted by Crippen LogP contribution is 2.24. The molecular formula is C16H17N5O. The van der Waals surface area contributed by atoms with Crippen molar-refractivity contribution in [1.29, 1.82) is 0 Å².